The van der Waals surface area contributed by atoms with Gasteiger partial charge in [-0.15, -0.1) is 0 Å². The van der Waals surface area contributed by atoms with E-state index in [-0.39, 0.29) is 17.9 Å². The van der Waals surface area contributed by atoms with Crippen molar-refractivity contribution < 1.29 is 91.8 Å². The van der Waals surface area contributed by atoms with Gasteiger partial charge in [-0.1, -0.05) is 106 Å². The zero-order valence-electron chi connectivity index (χ0n) is 44.3. The highest BCUT2D eigenvalue weighted by molar-refractivity contribution is 7.47. The highest BCUT2D eigenvalue weighted by Crippen LogP contribution is 2.49. The molecule has 3 heterocycles. The number of carbonyl (C=O) groups excluding carboxylic acids is 2. The quantitative estimate of drug-likeness (QED) is 0.0199. The van der Waals surface area contributed by atoms with E-state index in [9.17, 15) is 44.7 Å². The van der Waals surface area contributed by atoms with E-state index in [4.69, 9.17) is 65.1 Å². The Morgan fingerprint density at radius 1 is 0.722 bits per heavy atom. The molecule has 0 aromatic rings. The third-order valence-electron chi connectivity index (χ3n) is 14.4. The molecule has 3 rings (SSSR count). The molecule has 72 heavy (non-hydrogen) atoms. The van der Waals surface area contributed by atoms with Gasteiger partial charge in [-0.25, -0.2) is 14.2 Å². The molecule has 0 saturated carbocycles. The topological polar surface area (TPSA) is 369 Å². The van der Waals surface area contributed by atoms with Gasteiger partial charge in [0.25, 0.3) is 0 Å². The van der Waals surface area contributed by atoms with Crippen LogP contribution in [0.5, 0.6) is 0 Å². The van der Waals surface area contributed by atoms with Crippen molar-refractivity contribution in [1.82, 2.24) is 0 Å². The van der Waals surface area contributed by atoms with Gasteiger partial charge in [0.1, 0.15) is 42.7 Å². The summed E-state index contributed by atoms with van der Waals surface area (Å²) in [6.45, 7) is 19.1. The summed E-state index contributed by atoms with van der Waals surface area (Å²) in [6, 6.07) is -2.80. The Morgan fingerprint density at radius 3 is 1.89 bits per heavy atom. The van der Waals surface area contributed by atoms with Crippen LogP contribution in [0.2, 0.25) is 0 Å². The van der Waals surface area contributed by atoms with Crippen LogP contribution in [-0.4, -0.2) is 160 Å². The molecule has 20 unspecified atom stereocenters. The van der Waals surface area contributed by atoms with Crippen LogP contribution in [0, 0.1) is 29.1 Å². The van der Waals surface area contributed by atoms with Gasteiger partial charge in [-0.05, 0) is 69.1 Å². The molecular formula is C48H93N4O19P. The fourth-order valence-corrected chi connectivity index (χ4v) is 10.3. The minimum atomic E-state index is -5.32. The summed E-state index contributed by atoms with van der Waals surface area (Å²) >= 11 is 0. The smallest absolute Gasteiger partial charge is 0.440 e. The number of hydrogen-bond acceptors (Lipinski definition) is 20. The van der Waals surface area contributed by atoms with Crippen molar-refractivity contribution in [3.05, 3.63) is 0 Å². The molecule has 3 fully saturated rings. The van der Waals surface area contributed by atoms with E-state index in [0.717, 1.165) is 44.4 Å². The number of phosphoric ester groups is 1. The van der Waals surface area contributed by atoms with Gasteiger partial charge in [0.2, 0.25) is 5.91 Å². The van der Waals surface area contributed by atoms with Gasteiger partial charge in [0, 0.05) is 6.61 Å². The van der Waals surface area contributed by atoms with Crippen molar-refractivity contribution in [3.63, 3.8) is 0 Å². The molecule has 23 nitrogen and oxygen atoms in total. The van der Waals surface area contributed by atoms with Crippen molar-refractivity contribution in [3.8, 4) is 0 Å². The van der Waals surface area contributed by atoms with Crippen LogP contribution in [0.1, 0.15) is 146 Å². The summed E-state index contributed by atoms with van der Waals surface area (Å²) in [5.74, 6) is 1.23. The summed E-state index contributed by atoms with van der Waals surface area (Å²) in [6.07, 6.45) is -7.90. The van der Waals surface area contributed by atoms with Crippen LogP contribution >= 0.6 is 7.82 Å². The highest BCUT2D eigenvalue weighted by atomic mass is 31.2. The molecule has 0 radical (unpaired) electrons. The Balaban J connectivity index is 1.58. The standard InChI is InChI=1S/C48H93N4O19P/c1-26(2)14-13-16-27(3)17-18-29(5)19-22-47(8,9)21-12-11-15-28(4)20-23-62-32(24-63-59)25-64-72(60,61)71-45-39(40(70-46(52)57)48(10,58)41(69-45)42(51)56)68-44-34(50)37(55)38(31(7)66-44)67-43-33(49)36(54)35(53)30(6)65-43/h26-41,43-45,53-55,58-59H,11-25,49-50H2,1-10H3,(H2,51,56)(H2,52,57)(H,60,61). The van der Waals surface area contributed by atoms with Gasteiger partial charge in [-0.2, -0.15) is 0 Å². The van der Waals surface area contributed by atoms with Crippen molar-refractivity contribution >= 4 is 19.8 Å². The van der Waals surface area contributed by atoms with Crippen molar-refractivity contribution in [2.45, 2.75) is 244 Å². The maximum Gasteiger partial charge on any atom is 0.474 e. The summed E-state index contributed by atoms with van der Waals surface area (Å²) in [5, 5.41) is 52.7. The molecule has 14 N–H and O–H groups in total. The monoisotopic (exact) mass is 1060 g/mol. The van der Waals surface area contributed by atoms with Crippen molar-refractivity contribution in [1.29, 1.82) is 0 Å². The van der Waals surface area contributed by atoms with E-state index in [1.165, 1.54) is 58.8 Å². The van der Waals surface area contributed by atoms with E-state index < -0.39 is 131 Å². The molecule has 3 saturated heterocycles. The second-order valence-corrected chi connectivity index (χ2v) is 23.6. The fourth-order valence-electron chi connectivity index (χ4n) is 9.43. The molecule has 0 aromatic carbocycles. The SMILES string of the molecule is CC(C)CCCC(C)CCC(C)CCC(C)(C)CCCCC(C)CCOC(COO)COP(=O)(O)OC1OC(C(N)=O)C(C)(O)C(OC(N)=O)C1OC1OC(C)C(OC2OC(C)C(O)C(O)C2N)C(O)C1N. The third kappa shape index (κ3) is 20.3. The van der Waals surface area contributed by atoms with E-state index in [1.54, 1.807) is 0 Å². The molecule has 20 atom stereocenters. The van der Waals surface area contributed by atoms with Gasteiger partial charge in [0.15, 0.2) is 37.2 Å². The summed E-state index contributed by atoms with van der Waals surface area (Å²) in [5.41, 5.74) is 21.0. The van der Waals surface area contributed by atoms with Crippen LogP contribution in [0.15, 0.2) is 0 Å². The number of aliphatic hydroxyl groups excluding tert-OH is 3. The number of aliphatic hydroxyl groups is 4. The van der Waals surface area contributed by atoms with Gasteiger partial charge >= 0.3 is 13.9 Å². The maximum absolute atomic E-state index is 13.6. The van der Waals surface area contributed by atoms with E-state index in [1.807, 2.05) is 0 Å². The first-order chi connectivity index (χ1) is 33.5. The van der Waals surface area contributed by atoms with Gasteiger partial charge in [0.05, 0.1) is 30.9 Å². The minimum absolute atomic E-state index is 0.195. The lowest BCUT2D eigenvalue weighted by Gasteiger charge is -2.50. The number of phosphoric acid groups is 1. The molecule has 24 heteroatoms. The predicted octanol–water partition coefficient (Wildman–Crippen LogP) is 3.69. The molecule has 2 amide bonds. The molecule has 0 aromatic heterocycles. The van der Waals surface area contributed by atoms with Gasteiger partial charge < -0.3 is 81.4 Å². The van der Waals surface area contributed by atoms with Gasteiger partial charge in [-0.3, -0.25) is 19.1 Å². The summed E-state index contributed by atoms with van der Waals surface area (Å²) in [4.78, 5) is 40.1. The Kier molecular flexibility index (Phi) is 26.6. The predicted molar refractivity (Wildman–Crippen MR) is 262 cm³/mol. The van der Waals surface area contributed by atoms with E-state index >= 15 is 0 Å². The summed E-state index contributed by atoms with van der Waals surface area (Å²) < 4.78 is 64.3. The summed E-state index contributed by atoms with van der Waals surface area (Å²) in [7, 11) is -5.32. The number of rotatable bonds is 32. The molecular weight excluding hydrogens is 968 g/mol. The molecule has 0 spiro atoms. The zero-order valence-corrected chi connectivity index (χ0v) is 45.2. The van der Waals surface area contributed by atoms with Crippen molar-refractivity contribution in [2.24, 2.45) is 52.0 Å². The minimum Gasteiger partial charge on any atom is -0.440 e. The fraction of sp³-hybridized carbons (Fsp3) is 0.958. The highest BCUT2D eigenvalue weighted by Gasteiger charge is 2.61. The first-order valence-corrected chi connectivity index (χ1v) is 27.3. The zero-order chi connectivity index (χ0) is 54.3. The number of unbranched alkanes of at least 4 members (excludes halogenated alkanes) is 1. The maximum atomic E-state index is 13.6. The number of amides is 2. The first kappa shape index (κ1) is 64.6. The first-order valence-electron chi connectivity index (χ1n) is 25.8. The van der Waals surface area contributed by atoms with Crippen LogP contribution in [0.4, 0.5) is 4.79 Å². The van der Waals surface area contributed by atoms with E-state index in [2.05, 4.69) is 53.4 Å². The van der Waals surface area contributed by atoms with E-state index in [0.29, 0.717) is 12.3 Å². The lowest BCUT2D eigenvalue weighted by Crippen LogP contribution is -2.71. The largest absolute Gasteiger partial charge is 0.474 e. The average Bonchev–Trinajstić information content (AvgIpc) is 3.28. The second kappa shape index (κ2) is 29.7. The molecule has 3 aliphatic rings. The number of hydrogen-bond donors (Lipinski definition) is 10. The average molecular weight is 1060 g/mol. The number of nitrogens with two attached hydrogens (primary N) is 4. The number of primary amides is 2. The van der Waals surface area contributed by atoms with Crippen LogP contribution < -0.4 is 22.9 Å². The lowest BCUT2D eigenvalue weighted by atomic mass is 9.79. The van der Waals surface area contributed by atoms with Crippen LogP contribution in [-0.2, 0) is 56.5 Å². The Labute approximate surface area is 426 Å². The normalized spacial score (nSPS) is 35.0. The Bertz CT molecular complexity index is 1650. The Hall–Kier alpha value is -1.71. The number of ether oxygens (including phenoxy) is 7. The molecule has 0 bridgehead atoms. The van der Waals surface area contributed by atoms with Crippen molar-refractivity contribution in [2.75, 3.05) is 19.8 Å². The van der Waals surface area contributed by atoms with Crippen LogP contribution in [0.3, 0.4) is 0 Å². The molecule has 424 valence electrons. The van der Waals surface area contributed by atoms with Crippen LogP contribution in [0.25, 0.3) is 0 Å². The third-order valence-corrected chi connectivity index (χ3v) is 15.4. The second-order valence-electron chi connectivity index (χ2n) is 22.2. The molecule has 0 aliphatic carbocycles. The molecule has 3 aliphatic heterocycles. The Morgan fingerprint density at radius 2 is 1.29 bits per heavy atom. The number of carbonyl (C=O) groups is 2. The lowest BCUT2D eigenvalue weighted by molar-refractivity contribution is -0.359.